The van der Waals surface area contributed by atoms with E-state index in [1.807, 2.05) is 12.4 Å². The molecule has 8 heteroatoms. The molecule has 1 atom stereocenters. The molecule has 0 amide bonds. The number of aliphatic carboxylic acids is 1. The summed E-state index contributed by atoms with van der Waals surface area (Å²) in [5.41, 5.74) is 3.76. The highest BCUT2D eigenvalue weighted by molar-refractivity contribution is 5.95. The van der Waals surface area contributed by atoms with Gasteiger partial charge in [-0.3, -0.25) is 4.98 Å². The van der Waals surface area contributed by atoms with Crippen molar-refractivity contribution in [3.05, 3.63) is 66.5 Å². The number of fused-ring (bicyclic) bond motifs is 1. The van der Waals surface area contributed by atoms with E-state index in [2.05, 4.69) is 64.1 Å². The average molecular weight is 431 g/mol. The van der Waals surface area contributed by atoms with Crippen LogP contribution in [0.15, 0.2) is 60.9 Å². The summed E-state index contributed by atoms with van der Waals surface area (Å²) in [6.07, 6.45) is 0.0949. The van der Waals surface area contributed by atoms with Gasteiger partial charge >= 0.3 is 12.1 Å². The van der Waals surface area contributed by atoms with Crippen molar-refractivity contribution >= 4 is 16.7 Å². The maximum absolute atomic E-state index is 10.6. The van der Waals surface area contributed by atoms with E-state index in [4.69, 9.17) is 9.90 Å². The lowest BCUT2D eigenvalue weighted by molar-refractivity contribution is -0.192. The van der Waals surface area contributed by atoms with Crippen molar-refractivity contribution < 1.29 is 23.1 Å². The number of carbonyl (C=O) groups is 1. The number of hydrogen-bond donors (Lipinski definition) is 3. The van der Waals surface area contributed by atoms with Crippen LogP contribution >= 0.6 is 0 Å². The van der Waals surface area contributed by atoms with Gasteiger partial charge in [-0.15, -0.1) is 0 Å². The molecule has 3 aromatic rings. The predicted octanol–water partition coefficient (Wildman–Crippen LogP) is 4.23. The molecular formula is C23H24F3N3O2. The third-order valence-corrected chi connectivity index (χ3v) is 5.10. The highest BCUT2D eigenvalue weighted by atomic mass is 19.4. The predicted molar refractivity (Wildman–Crippen MR) is 114 cm³/mol. The van der Waals surface area contributed by atoms with E-state index in [0.29, 0.717) is 0 Å². The number of rotatable bonds is 5. The topological polar surface area (TPSA) is 74.2 Å². The Morgan fingerprint density at radius 2 is 1.84 bits per heavy atom. The molecule has 2 aromatic carbocycles. The summed E-state index contributed by atoms with van der Waals surface area (Å²) >= 11 is 0. The fourth-order valence-electron chi connectivity index (χ4n) is 3.46. The molecule has 1 aromatic heterocycles. The Morgan fingerprint density at radius 3 is 2.48 bits per heavy atom. The molecule has 164 valence electrons. The monoisotopic (exact) mass is 431 g/mol. The quantitative estimate of drug-likeness (QED) is 0.564. The molecule has 0 bridgehead atoms. The second kappa shape index (κ2) is 10.4. The molecule has 0 aliphatic carbocycles. The number of carboxylic acid groups (broad SMARTS) is 1. The van der Waals surface area contributed by atoms with Crippen LogP contribution in [-0.2, 0) is 11.3 Å². The Labute approximate surface area is 178 Å². The Hall–Kier alpha value is -2.97. The standard InChI is InChI=1S/C21H23N3.C2HF3O2/c1-2-4-20-19(3-1)14-24-15-21(20)18-7-5-16(6-8-18)11-23-13-17-9-10-22-12-17;3-2(4,5)1(6)7/h1-8,14-15,17,22-23H,9-13H2;(H,6,7). The van der Waals surface area contributed by atoms with Gasteiger partial charge in [-0.1, -0.05) is 48.5 Å². The highest BCUT2D eigenvalue weighted by Gasteiger charge is 2.38. The molecule has 3 N–H and O–H groups in total. The number of halogens is 3. The minimum absolute atomic E-state index is 0.783. The molecule has 31 heavy (non-hydrogen) atoms. The molecule has 0 saturated carbocycles. The molecule has 0 spiro atoms. The number of carboxylic acids is 1. The first kappa shape index (κ1) is 22.7. The number of benzene rings is 2. The van der Waals surface area contributed by atoms with Gasteiger partial charge in [-0.05, 0) is 48.5 Å². The molecule has 4 rings (SSSR count). The number of hydrogen-bond acceptors (Lipinski definition) is 4. The van der Waals surface area contributed by atoms with E-state index < -0.39 is 12.1 Å². The molecule has 5 nitrogen and oxygen atoms in total. The fraction of sp³-hybridized carbons (Fsp3) is 0.304. The normalized spacial score (nSPS) is 16.0. The van der Waals surface area contributed by atoms with E-state index in [-0.39, 0.29) is 0 Å². The minimum atomic E-state index is -5.08. The molecular weight excluding hydrogens is 407 g/mol. The van der Waals surface area contributed by atoms with E-state index in [0.717, 1.165) is 25.6 Å². The van der Waals surface area contributed by atoms with Crippen molar-refractivity contribution in [3.8, 4) is 11.1 Å². The van der Waals surface area contributed by atoms with Crippen LogP contribution in [0.25, 0.3) is 21.9 Å². The zero-order valence-corrected chi connectivity index (χ0v) is 16.8. The number of pyridine rings is 1. The van der Waals surface area contributed by atoms with Gasteiger partial charge in [0.05, 0.1) is 0 Å². The zero-order valence-electron chi connectivity index (χ0n) is 16.8. The number of nitrogens with zero attached hydrogens (tertiary/aromatic N) is 1. The van der Waals surface area contributed by atoms with Gasteiger partial charge in [-0.25, -0.2) is 4.79 Å². The largest absolute Gasteiger partial charge is 0.490 e. The number of aromatic nitrogens is 1. The lowest BCUT2D eigenvalue weighted by Crippen LogP contribution is -2.23. The third kappa shape index (κ3) is 6.50. The van der Waals surface area contributed by atoms with Gasteiger partial charge in [0.1, 0.15) is 0 Å². The lowest BCUT2D eigenvalue weighted by Gasteiger charge is -2.11. The van der Waals surface area contributed by atoms with Gasteiger partial charge < -0.3 is 15.7 Å². The Bertz CT molecular complexity index is 996. The first-order valence-electron chi connectivity index (χ1n) is 9.98. The maximum Gasteiger partial charge on any atom is 0.490 e. The van der Waals surface area contributed by atoms with Gasteiger partial charge in [0.2, 0.25) is 0 Å². The fourth-order valence-corrected chi connectivity index (χ4v) is 3.46. The summed E-state index contributed by atoms with van der Waals surface area (Å²) in [5.74, 6) is -1.97. The highest BCUT2D eigenvalue weighted by Crippen LogP contribution is 2.27. The van der Waals surface area contributed by atoms with Crippen molar-refractivity contribution in [1.29, 1.82) is 0 Å². The Balaban J connectivity index is 0.000000339. The summed E-state index contributed by atoms with van der Waals surface area (Å²) < 4.78 is 31.7. The summed E-state index contributed by atoms with van der Waals surface area (Å²) in [4.78, 5) is 13.3. The van der Waals surface area contributed by atoms with Crippen LogP contribution in [0.1, 0.15) is 12.0 Å². The van der Waals surface area contributed by atoms with Crippen LogP contribution < -0.4 is 10.6 Å². The molecule has 1 unspecified atom stereocenters. The average Bonchev–Trinajstić information content (AvgIpc) is 3.27. The lowest BCUT2D eigenvalue weighted by atomic mass is 10.00. The molecule has 0 radical (unpaired) electrons. The van der Waals surface area contributed by atoms with Crippen molar-refractivity contribution in [2.24, 2.45) is 5.92 Å². The van der Waals surface area contributed by atoms with Crippen LogP contribution in [0, 0.1) is 5.92 Å². The van der Waals surface area contributed by atoms with Crippen molar-refractivity contribution in [1.82, 2.24) is 15.6 Å². The van der Waals surface area contributed by atoms with Crippen molar-refractivity contribution in [2.45, 2.75) is 19.1 Å². The van der Waals surface area contributed by atoms with Gasteiger partial charge in [0.25, 0.3) is 0 Å². The van der Waals surface area contributed by atoms with E-state index >= 15 is 0 Å². The summed E-state index contributed by atoms with van der Waals surface area (Å²) in [7, 11) is 0. The van der Waals surface area contributed by atoms with E-state index in [1.165, 1.54) is 40.4 Å². The summed E-state index contributed by atoms with van der Waals surface area (Å²) in [6, 6.07) is 17.3. The maximum atomic E-state index is 10.6. The Kier molecular flexibility index (Phi) is 7.59. The third-order valence-electron chi connectivity index (χ3n) is 5.10. The van der Waals surface area contributed by atoms with Crippen LogP contribution in [0.5, 0.6) is 0 Å². The summed E-state index contributed by atoms with van der Waals surface area (Å²) in [5, 5.41) is 16.6. The van der Waals surface area contributed by atoms with Crippen molar-refractivity contribution in [2.75, 3.05) is 19.6 Å². The van der Waals surface area contributed by atoms with Crippen LogP contribution in [0.2, 0.25) is 0 Å². The van der Waals surface area contributed by atoms with Gasteiger partial charge in [0, 0.05) is 29.9 Å². The zero-order chi connectivity index (χ0) is 22.3. The van der Waals surface area contributed by atoms with Crippen LogP contribution in [0.3, 0.4) is 0 Å². The molecule has 1 saturated heterocycles. The number of nitrogens with one attached hydrogen (secondary N) is 2. The molecule has 2 heterocycles. The first-order chi connectivity index (χ1) is 14.8. The van der Waals surface area contributed by atoms with Crippen LogP contribution in [0.4, 0.5) is 13.2 Å². The molecule has 1 aliphatic heterocycles. The second-order valence-corrected chi connectivity index (χ2v) is 7.40. The SMILES string of the molecule is O=C(O)C(F)(F)F.c1ccc2c(-c3ccc(CNCC4CCNC4)cc3)cncc2c1. The van der Waals surface area contributed by atoms with Crippen molar-refractivity contribution in [3.63, 3.8) is 0 Å². The molecule has 1 aliphatic rings. The first-order valence-corrected chi connectivity index (χ1v) is 9.98. The van der Waals surface area contributed by atoms with E-state index in [1.54, 1.807) is 0 Å². The molecule has 1 fully saturated rings. The van der Waals surface area contributed by atoms with Gasteiger partial charge in [0.15, 0.2) is 0 Å². The smallest absolute Gasteiger partial charge is 0.475 e. The summed E-state index contributed by atoms with van der Waals surface area (Å²) in [6.45, 7) is 4.35. The van der Waals surface area contributed by atoms with Gasteiger partial charge in [-0.2, -0.15) is 13.2 Å². The van der Waals surface area contributed by atoms with E-state index in [9.17, 15) is 13.2 Å². The van der Waals surface area contributed by atoms with Crippen LogP contribution in [-0.4, -0.2) is 41.9 Å². The second-order valence-electron chi connectivity index (χ2n) is 7.40. The number of alkyl halides is 3. The Morgan fingerprint density at radius 1 is 1.13 bits per heavy atom. The minimum Gasteiger partial charge on any atom is -0.475 e.